The van der Waals surface area contributed by atoms with E-state index in [9.17, 15) is 14.7 Å². The Hall–Kier alpha value is -0.320. The molecule has 0 rings (SSSR count). The molecule has 26 heavy (non-hydrogen) atoms. The van der Waals surface area contributed by atoms with Crippen molar-refractivity contribution in [2.24, 2.45) is 0 Å². The van der Waals surface area contributed by atoms with Crippen LogP contribution in [0.25, 0.3) is 0 Å². The summed E-state index contributed by atoms with van der Waals surface area (Å²) in [6.45, 7) is 1.94. The molecule has 146 valence electrons. The maximum Gasteiger partial charge on any atom is 1.00 e. The average Bonchev–Trinajstić information content (AvgIpc) is 2.57. The van der Waals surface area contributed by atoms with Crippen molar-refractivity contribution in [2.45, 2.75) is 96.8 Å². The average molecular weight is 376 g/mol. The molecule has 0 fully saturated rings. The van der Waals surface area contributed by atoms with Crippen LogP contribution in [0.1, 0.15) is 96.8 Å². The summed E-state index contributed by atoms with van der Waals surface area (Å²) in [5.74, 6) is -1.32. The van der Waals surface area contributed by atoms with Gasteiger partial charge in [-0.05, 0) is 32.1 Å². The quantitative estimate of drug-likeness (QED) is 0.218. The SMILES string of the molecule is CCCCCCCCC=CCCCCCCCC(=O)N(C)CC(=O)[O-].[Na+]. The number of carboxylic acids is 1. The number of allylic oxidation sites excluding steroid dienone is 2. The molecule has 5 heteroatoms. The zero-order valence-electron chi connectivity index (χ0n) is 17.4. The van der Waals surface area contributed by atoms with Gasteiger partial charge in [0, 0.05) is 13.5 Å². The van der Waals surface area contributed by atoms with E-state index in [1.54, 1.807) is 0 Å². The van der Waals surface area contributed by atoms with Crippen LogP contribution >= 0.6 is 0 Å². The minimum atomic E-state index is -1.21. The van der Waals surface area contributed by atoms with E-state index in [2.05, 4.69) is 19.1 Å². The number of hydrogen-bond donors (Lipinski definition) is 0. The van der Waals surface area contributed by atoms with Crippen LogP contribution in [0, 0.1) is 0 Å². The number of carboxylic acid groups (broad SMARTS) is 1. The zero-order valence-corrected chi connectivity index (χ0v) is 19.4. The Morgan fingerprint density at radius 3 is 1.77 bits per heavy atom. The fraction of sp³-hybridized carbons (Fsp3) is 0.810. The molecule has 0 atom stereocenters. The molecule has 0 spiro atoms. The molecule has 0 aromatic rings. The Labute approximate surface area is 183 Å². The predicted octanol–water partition coefficient (Wildman–Crippen LogP) is 1.24. The Bertz CT molecular complexity index is 372. The maximum absolute atomic E-state index is 11.6. The number of hydrogen-bond acceptors (Lipinski definition) is 3. The molecule has 0 N–H and O–H groups in total. The van der Waals surface area contributed by atoms with Crippen molar-refractivity contribution in [1.29, 1.82) is 0 Å². The van der Waals surface area contributed by atoms with E-state index >= 15 is 0 Å². The van der Waals surface area contributed by atoms with Gasteiger partial charge in [0.1, 0.15) is 0 Å². The fourth-order valence-corrected chi connectivity index (χ4v) is 2.82. The first kappa shape index (κ1) is 27.9. The molecular formula is C21H38NNaO3. The van der Waals surface area contributed by atoms with Crippen LogP contribution in [-0.4, -0.2) is 30.4 Å². The van der Waals surface area contributed by atoms with Gasteiger partial charge in [-0.15, -0.1) is 0 Å². The Morgan fingerprint density at radius 1 is 0.808 bits per heavy atom. The predicted molar refractivity (Wildman–Crippen MR) is 102 cm³/mol. The van der Waals surface area contributed by atoms with Crippen LogP contribution in [0.15, 0.2) is 12.2 Å². The van der Waals surface area contributed by atoms with Gasteiger partial charge in [-0.3, -0.25) is 4.79 Å². The van der Waals surface area contributed by atoms with E-state index in [1.165, 1.54) is 69.7 Å². The number of aliphatic carboxylic acids is 1. The summed E-state index contributed by atoms with van der Waals surface area (Å²) in [5, 5.41) is 10.4. The molecule has 0 radical (unpaired) electrons. The van der Waals surface area contributed by atoms with Gasteiger partial charge in [0.15, 0.2) is 0 Å². The summed E-state index contributed by atoms with van der Waals surface area (Å²) in [4.78, 5) is 23.3. The molecule has 0 aromatic carbocycles. The maximum atomic E-state index is 11.6. The first-order valence-electron chi connectivity index (χ1n) is 10.2. The summed E-state index contributed by atoms with van der Waals surface area (Å²) in [6.07, 6.45) is 21.0. The smallest absolute Gasteiger partial charge is 0.548 e. The van der Waals surface area contributed by atoms with E-state index in [4.69, 9.17) is 0 Å². The minimum absolute atomic E-state index is 0. The van der Waals surface area contributed by atoms with Crippen molar-refractivity contribution < 1.29 is 44.3 Å². The normalized spacial score (nSPS) is 10.7. The molecule has 0 saturated carbocycles. The van der Waals surface area contributed by atoms with Crippen molar-refractivity contribution in [2.75, 3.05) is 13.6 Å². The van der Waals surface area contributed by atoms with E-state index < -0.39 is 5.97 Å². The third-order valence-electron chi connectivity index (χ3n) is 4.44. The summed E-state index contributed by atoms with van der Waals surface area (Å²) in [7, 11) is 1.51. The van der Waals surface area contributed by atoms with Gasteiger partial charge < -0.3 is 14.8 Å². The monoisotopic (exact) mass is 375 g/mol. The number of amides is 1. The molecule has 0 saturated heterocycles. The molecular weight excluding hydrogens is 337 g/mol. The molecule has 0 unspecified atom stereocenters. The number of unbranched alkanes of at least 4 members (excludes halogenated alkanes) is 11. The third-order valence-corrected chi connectivity index (χ3v) is 4.44. The molecule has 0 heterocycles. The molecule has 0 aliphatic carbocycles. The Kier molecular flexibility index (Phi) is 22.5. The summed E-state index contributed by atoms with van der Waals surface area (Å²) in [5.41, 5.74) is 0. The number of carbonyl (C=O) groups excluding carboxylic acids is 2. The van der Waals surface area contributed by atoms with Crippen molar-refractivity contribution >= 4 is 11.9 Å². The summed E-state index contributed by atoms with van der Waals surface area (Å²) in [6, 6.07) is 0. The van der Waals surface area contributed by atoms with Crippen molar-refractivity contribution in [1.82, 2.24) is 4.90 Å². The number of carbonyl (C=O) groups is 2. The van der Waals surface area contributed by atoms with Crippen molar-refractivity contribution in [3.8, 4) is 0 Å². The van der Waals surface area contributed by atoms with E-state index in [0.717, 1.165) is 25.7 Å². The molecule has 0 aromatic heterocycles. The first-order valence-corrected chi connectivity index (χ1v) is 10.2. The summed E-state index contributed by atoms with van der Waals surface area (Å²) < 4.78 is 0. The Morgan fingerprint density at radius 2 is 1.27 bits per heavy atom. The first-order chi connectivity index (χ1) is 12.1. The van der Waals surface area contributed by atoms with Crippen LogP contribution in [0.5, 0.6) is 0 Å². The van der Waals surface area contributed by atoms with Crippen molar-refractivity contribution in [3.63, 3.8) is 0 Å². The third kappa shape index (κ3) is 20.0. The van der Waals surface area contributed by atoms with Gasteiger partial charge in [-0.2, -0.15) is 0 Å². The second-order valence-corrected chi connectivity index (χ2v) is 6.96. The molecule has 0 aliphatic heterocycles. The van der Waals surface area contributed by atoms with Crippen LogP contribution in [0.3, 0.4) is 0 Å². The van der Waals surface area contributed by atoms with Gasteiger partial charge in [-0.25, -0.2) is 0 Å². The van der Waals surface area contributed by atoms with Gasteiger partial charge in [-0.1, -0.05) is 70.4 Å². The van der Waals surface area contributed by atoms with E-state index in [0.29, 0.717) is 6.42 Å². The molecule has 0 aliphatic rings. The van der Waals surface area contributed by atoms with E-state index in [-0.39, 0.29) is 42.0 Å². The standard InChI is InChI=1S/C21H39NO3.Na/c1-3-4-5-6-7-8-9-10-11-12-13-14-15-16-17-18-20(23)22(2)19-21(24)25;/h10-11H,3-9,12-19H2,1-2H3,(H,24,25);/q;+1/p-1. The second-order valence-electron chi connectivity index (χ2n) is 6.96. The Balaban J connectivity index is 0. The van der Waals surface area contributed by atoms with Crippen LogP contribution < -0.4 is 34.7 Å². The minimum Gasteiger partial charge on any atom is -0.548 e. The van der Waals surface area contributed by atoms with Crippen LogP contribution in [0.4, 0.5) is 0 Å². The number of nitrogens with zero attached hydrogens (tertiary/aromatic N) is 1. The van der Waals surface area contributed by atoms with Crippen molar-refractivity contribution in [3.05, 3.63) is 12.2 Å². The van der Waals surface area contributed by atoms with Crippen LogP contribution in [-0.2, 0) is 9.59 Å². The zero-order chi connectivity index (χ0) is 18.8. The topological polar surface area (TPSA) is 60.4 Å². The largest absolute Gasteiger partial charge is 1.00 e. The molecule has 1 amide bonds. The van der Waals surface area contributed by atoms with Gasteiger partial charge >= 0.3 is 29.6 Å². The summed E-state index contributed by atoms with van der Waals surface area (Å²) >= 11 is 0. The van der Waals surface area contributed by atoms with E-state index in [1.807, 2.05) is 0 Å². The fourth-order valence-electron chi connectivity index (χ4n) is 2.82. The molecule has 4 nitrogen and oxygen atoms in total. The van der Waals surface area contributed by atoms with Crippen LogP contribution in [0.2, 0.25) is 0 Å². The van der Waals surface area contributed by atoms with Gasteiger partial charge in [0.2, 0.25) is 5.91 Å². The van der Waals surface area contributed by atoms with Gasteiger partial charge in [0.05, 0.1) is 12.5 Å². The second kappa shape index (κ2) is 21.0. The van der Waals surface area contributed by atoms with Gasteiger partial charge in [0.25, 0.3) is 0 Å². The molecule has 0 bridgehead atoms. The number of rotatable bonds is 17. The number of likely N-dealkylation sites (N-methyl/N-ethyl adjacent to an activating group) is 1.